The smallest absolute Gasteiger partial charge is 0.148 e. The molecule has 0 fully saturated rings. The first-order valence-corrected chi connectivity index (χ1v) is 13.3. The van der Waals surface area contributed by atoms with Crippen molar-refractivity contribution in [3.8, 4) is 11.4 Å². The molecule has 3 aromatic rings. The molecule has 3 heteroatoms. The van der Waals surface area contributed by atoms with Gasteiger partial charge in [0.1, 0.15) is 22.8 Å². The lowest BCUT2D eigenvalue weighted by molar-refractivity contribution is -0.585. The second-order valence-corrected chi connectivity index (χ2v) is 11.3. The summed E-state index contributed by atoms with van der Waals surface area (Å²) in [6.07, 6.45) is 4.61. The molecule has 1 aliphatic rings. The van der Waals surface area contributed by atoms with Crippen LogP contribution in [-0.4, -0.2) is 12.4 Å². The van der Waals surface area contributed by atoms with E-state index < -0.39 is 0 Å². The molecule has 0 unspecified atom stereocenters. The Labute approximate surface area is 208 Å². The molecule has 0 atom stereocenters. The molecule has 2 aromatic carbocycles. The summed E-state index contributed by atoms with van der Waals surface area (Å²) in [5, 5.41) is 0. The molecular formula is C31H42BN2. The Bertz CT molecular complexity index is 1040. The lowest BCUT2D eigenvalue weighted by atomic mass is 9.91. The lowest BCUT2D eigenvalue weighted by Crippen LogP contribution is -2.51. The van der Waals surface area contributed by atoms with Crippen LogP contribution in [0.25, 0.3) is 11.4 Å². The third-order valence-electron chi connectivity index (χ3n) is 7.54. The Morgan fingerprint density at radius 1 is 0.676 bits per heavy atom. The fraction of sp³-hybridized carbons (Fsp3) is 0.516. The van der Waals surface area contributed by atoms with Crippen LogP contribution in [0.15, 0.2) is 36.4 Å². The van der Waals surface area contributed by atoms with Gasteiger partial charge in [-0.15, -0.1) is 0 Å². The van der Waals surface area contributed by atoms with Crippen molar-refractivity contribution in [2.24, 2.45) is 0 Å². The van der Waals surface area contributed by atoms with Gasteiger partial charge in [0.25, 0.3) is 0 Å². The van der Waals surface area contributed by atoms with Gasteiger partial charge in [-0.3, -0.25) is 0 Å². The molecule has 0 saturated heterocycles. The Hall–Kier alpha value is -2.29. The minimum Gasteiger partial charge on any atom is -0.457 e. The third-order valence-corrected chi connectivity index (χ3v) is 7.54. The normalized spacial score (nSPS) is 14.0. The molecule has 0 N–H and O–H groups in total. The van der Waals surface area contributed by atoms with Gasteiger partial charge in [0, 0.05) is 35.1 Å². The molecular weight excluding hydrogens is 411 g/mol. The maximum atomic E-state index is 7.25. The standard InChI is InChI=1S/C31H42BN2/c1-19(2)23-13-11-14-24(20(3)4)29(23)33-27-17-9-10-18-28(27)34(31(33)32)30-25(21(5)6)15-12-16-26(30)22(7)8/h11-16,19-22H,9-10,17-18H2,1-8H3. The van der Waals surface area contributed by atoms with Crippen molar-refractivity contribution in [1.82, 2.24) is 4.57 Å². The molecule has 0 bridgehead atoms. The van der Waals surface area contributed by atoms with E-state index in [1.165, 1.54) is 57.9 Å². The second-order valence-electron chi connectivity index (χ2n) is 11.3. The predicted molar refractivity (Wildman–Crippen MR) is 146 cm³/mol. The van der Waals surface area contributed by atoms with Crippen LogP contribution in [0.5, 0.6) is 0 Å². The summed E-state index contributed by atoms with van der Waals surface area (Å²) in [4.78, 5) is 0. The van der Waals surface area contributed by atoms with Crippen LogP contribution in [0.1, 0.15) is 126 Å². The quantitative estimate of drug-likeness (QED) is 0.283. The Kier molecular flexibility index (Phi) is 7.13. The number of para-hydroxylation sites is 2. The van der Waals surface area contributed by atoms with Crippen molar-refractivity contribution in [2.75, 3.05) is 0 Å². The fourth-order valence-electron chi connectivity index (χ4n) is 5.77. The number of benzene rings is 2. The van der Waals surface area contributed by atoms with Crippen molar-refractivity contribution < 1.29 is 4.57 Å². The van der Waals surface area contributed by atoms with Crippen LogP contribution in [0.3, 0.4) is 0 Å². The van der Waals surface area contributed by atoms with Gasteiger partial charge in [-0.25, -0.2) is 9.13 Å². The average Bonchev–Trinajstić information content (AvgIpc) is 3.08. The van der Waals surface area contributed by atoms with Crippen molar-refractivity contribution in [2.45, 2.75) is 105 Å². The first kappa shape index (κ1) is 24.8. The molecule has 2 nitrogen and oxygen atoms in total. The van der Waals surface area contributed by atoms with Gasteiger partial charge in [0.2, 0.25) is 0 Å². The van der Waals surface area contributed by atoms with Crippen molar-refractivity contribution in [3.63, 3.8) is 0 Å². The summed E-state index contributed by atoms with van der Waals surface area (Å²) < 4.78 is 4.89. The Morgan fingerprint density at radius 3 is 1.59 bits per heavy atom. The molecule has 34 heavy (non-hydrogen) atoms. The van der Waals surface area contributed by atoms with E-state index in [1.807, 2.05) is 0 Å². The highest BCUT2D eigenvalue weighted by molar-refractivity contribution is 6.28. The number of nitrogens with zero attached hydrogens (tertiary/aromatic N) is 2. The van der Waals surface area contributed by atoms with Gasteiger partial charge in [0.15, 0.2) is 0 Å². The van der Waals surface area contributed by atoms with Crippen molar-refractivity contribution >= 4 is 13.6 Å². The minimum atomic E-state index is 0.428. The van der Waals surface area contributed by atoms with E-state index in [0.29, 0.717) is 23.7 Å². The molecule has 1 aliphatic carbocycles. The maximum Gasteiger partial charge on any atom is 0.148 e. The van der Waals surface area contributed by atoms with Gasteiger partial charge < -0.3 is 7.85 Å². The van der Waals surface area contributed by atoms with Gasteiger partial charge in [-0.05, 0) is 42.2 Å². The van der Waals surface area contributed by atoms with E-state index in [9.17, 15) is 0 Å². The van der Waals surface area contributed by atoms with Gasteiger partial charge >= 0.3 is 0 Å². The van der Waals surface area contributed by atoms with Gasteiger partial charge in [-0.1, -0.05) is 91.8 Å². The van der Waals surface area contributed by atoms with E-state index in [1.54, 1.807) is 0 Å². The average molecular weight is 454 g/mol. The van der Waals surface area contributed by atoms with Crippen LogP contribution < -0.4 is 10.3 Å². The fourth-order valence-corrected chi connectivity index (χ4v) is 5.77. The van der Waals surface area contributed by atoms with Crippen molar-refractivity contribution in [3.05, 3.63) is 70.0 Å². The van der Waals surface area contributed by atoms with Crippen molar-refractivity contribution in [1.29, 1.82) is 0 Å². The Balaban J connectivity index is 2.15. The highest BCUT2D eigenvalue weighted by Gasteiger charge is 2.32. The zero-order valence-corrected chi connectivity index (χ0v) is 22.6. The zero-order valence-electron chi connectivity index (χ0n) is 22.6. The maximum absolute atomic E-state index is 7.25. The van der Waals surface area contributed by atoms with Crippen LogP contribution >= 0.6 is 0 Å². The van der Waals surface area contributed by atoms with E-state index in [-0.39, 0.29) is 0 Å². The minimum absolute atomic E-state index is 0.428. The zero-order chi connectivity index (χ0) is 24.7. The van der Waals surface area contributed by atoms with E-state index >= 15 is 0 Å². The topological polar surface area (TPSA) is 8.81 Å². The molecule has 0 amide bonds. The number of fused-ring (bicyclic) bond motifs is 1. The SMILES string of the molecule is [B-]c1n(-c2c(C(C)C)cccc2C(C)C)c2c([n+]1-c1c(C(C)C)cccc1C(C)C)CCCC2. The van der Waals surface area contributed by atoms with Crippen LogP contribution in [-0.2, 0) is 12.8 Å². The monoisotopic (exact) mass is 453 g/mol. The summed E-state index contributed by atoms with van der Waals surface area (Å²) in [5.41, 5.74) is 11.8. The molecule has 3 radical (unpaired) electrons. The lowest BCUT2D eigenvalue weighted by Gasteiger charge is -2.23. The number of rotatable bonds is 6. The summed E-state index contributed by atoms with van der Waals surface area (Å²) in [7, 11) is 7.25. The van der Waals surface area contributed by atoms with E-state index in [0.717, 1.165) is 18.6 Å². The van der Waals surface area contributed by atoms with Gasteiger partial charge in [0.05, 0.1) is 0 Å². The number of aromatic nitrogens is 2. The van der Waals surface area contributed by atoms with Crippen LogP contribution in [0.4, 0.5) is 0 Å². The highest BCUT2D eigenvalue weighted by atomic mass is 15.2. The highest BCUT2D eigenvalue weighted by Crippen LogP contribution is 2.35. The molecule has 4 rings (SSSR count). The molecule has 1 aromatic heterocycles. The first-order chi connectivity index (χ1) is 16.1. The summed E-state index contributed by atoms with van der Waals surface area (Å²) >= 11 is 0. The van der Waals surface area contributed by atoms with Crippen LogP contribution in [0.2, 0.25) is 0 Å². The largest absolute Gasteiger partial charge is 0.457 e. The number of hydrogen-bond donors (Lipinski definition) is 0. The summed E-state index contributed by atoms with van der Waals surface area (Å²) in [6, 6.07) is 13.6. The third kappa shape index (κ3) is 4.16. The molecule has 0 aliphatic heterocycles. The molecule has 179 valence electrons. The summed E-state index contributed by atoms with van der Waals surface area (Å²) in [5.74, 6) is 1.71. The van der Waals surface area contributed by atoms with E-state index in [4.69, 9.17) is 7.85 Å². The van der Waals surface area contributed by atoms with Gasteiger partial charge in [-0.2, -0.15) is 0 Å². The second kappa shape index (κ2) is 9.76. The number of imidazole rings is 1. The first-order valence-electron chi connectivity index (χ1n) is 13.3. The summed E-state index contributed by atoms with van der Waals surface area (Å²) in [6.45, 7) is 18.4. The molecule has 0 saturated carbocycles. The predicted octanol–water partition coefficient (Wildman–Crippen LogP) is 6.92. The van der Waals surface area contributed by atoms with E-state index in [2.05, 4.69) is 101 Å². The number of hydrogen-bond acceptors (Lipinski definition) is 0. The Morgan fingerprint density at radius 2 is 1.12 bits per heavy atom. The van der Waals surface area contributed by atoms with Crippen LogP contribution in [0, 0.1) is 0 Å². The molecule has 1 heterocycles. The molecule has 0 spiro atoms.